The summed E-state index contributed by atoms with van der Waals surface area (Å²) in [5.41, 5.74) is 2.50. The Bertz CT molecular complexity index is 527. The number of nitrogens with zero attached hydrogens (tertiary/aromatic N) is 1. The molecule has 0 atom stereocenters. The van der Waals surface area contributed by atoms with Gasteiger partial charge in [0.05, 0.1) is 10.1 Å². The summed E-state index contributed by atoms with van der Waals surface area (Å²) in [5, 5.41) is 5.39. The van der Waals surface area contributed by atoms with E-state index in [2.05, 4.69) is 48.1 Å². The topological polar surface area (TPSA) is 24.4 Å². The molecule has 0 bridgehead atoms. The standard InChI is InChI=1S/C18H24N2S/c1-4-17(18-8-6-5-7-9-18)13-20-15(3)21-14(2)19-12-16-10-11-16/h5-9,13,16,19H,2,4,10-12H2,1,3H3/b17-13+,20-15?. The third kappa shape index (κ3) is 5.80. The third-order valence-corrected chi connectivity index (χ3v) is 4.27. The average molecular weight is 300 g/mol. The minimum absolute atomic E-state index is 0.865. The second-order valence-electron chi connectivity index (χ2n) is 5.37. The number of nitrogens with one attached hydrogen (secondary N) is 1. The number of hydrogen-bond acceptors (Lipinski definition) is 3. The van der Waals surface area contributed by atoms with E-state index >= 15 is 0 Å². The summed E-state index contributed by atoms with van der Waals surface area (Å²) in [4.78, 5) is 4.57. The molecule has 1 saturated carbocycles. The second-order valence-corrected chi connectivity index (χ2v) is 6.66. The zero-order valence-electron chi connectivity index (χ0n) is 12.9. The van der Waals surface area contributed by atoms with Crippen molar-refractivity contribution in [2.45, 2.75) is 33.1 Å². The van der Waals surface area contributed by atoms with Crippen molar-refractivity contribution in [2.75, 3.05) is 6.54 Å². The van der Waals surface area contributed by atoms with Gasteiger partial charge in [-0.05, 0) is 43.2 Å². The minimum atomic E-state index is 0.865. The maximum atomic E-state index is 4.57. The van der Waals surface area contributed by atoms with Crippen molar-refractivity contribution in [3.63, 3.8) is 0 Å². The Kier molecular flexibility index (Phi) is 6.12. The zero-order valence-corrected chi connectivity index (χ0v) is 13.7. The highest BCUT2D eigenvalue weighted by atomic mass is 32.2. The van der Waals surface area contributed by atoms with E-state index < -0.39 is 0 Å². The summed E-state index contributed by atoms with van der Waals surface area (Å²) in [7, 11) is 0. The monoisotopic (exact) mass is 300 g/mol. The van der Waals surface area contributed by atoms with E-state index in [1.165, 1.54) is 24.0 Å². The lowest BCUT2D eigenvalue weighted by molar-refractivity contribution is 0.742. The maximum Gasteiger partial charge on any atom is 0.0761 e. The van der Waals surface area contributed by atoms with Crippen molar-refractivity contribution in [3.8, 4) is 0 Å². The van der Waals surface area contributed by atoms with E-state index in [1.54, 1.807) is 11.8 Å². The zero-order chi connectivity index (χ0) is 15.1. The van der Waals surface area contributed by atoms with E-state index in [0.717, 1.165) is 29.0 Å². The second kappa shape index (κ2) is 8.08. The number of rotatable bonds is 7. The molecule has 0 amide bonds. The fraction of sp³-hybridized carbons (Fsp3) is 0.389. The highest BCUT2D eigenvalue weighted by Crippen LogP contribution is 2.28. The number of hydrogen-bond donors (Lipinski definition) is 1. The Balaban J connectivity index is 1.90. The van der Waals surface area contributed by atoms with Crippen LogP contribution in [0.2, 0.25) is 0 Å². The summed E-state index contributed by atoms with van der Waals surface area (Å²) >= 11 is 1.62. The van der Waals surface area contributed by atoms with Gasteiger partial charge in [0.15, 0.2) is 0 Å². The molecule has 0 radical (unpaired) electrons. The lowest BCUT2D eigenvalue weighted by Gasteiger charge is -2.07. The molecule has 3 heteroatoms. The molecule has 1 N–H and O–H groups in total. The van der Waals surface area contributed by atoms with Gasteiger partial charge in [0.1, 0.15) is 0 Å². The van der Waals surface area contributed by atoms with Crippen LogP contribution in [0, 0.1) is 5.92 Å². The summed E-state index contributed by atoms with van der Waals surface area (Å²) in [6.45, 7) is 9.30. The van der Waals surface area contributed by atoms with Gasteiger partial charge >= 0.3 is 0 Å². The van der Waals surface area contributed by atoms with Crippen LogP contribution >= 0.6 is 11.8 Å². The lowest BCUT2D eigenvalue weighted by atomic mass is 10.1. The van der Waals surface area contributed by atoms with Crippen LogP contribution < -0.4 is 5.32 Å². The van der Waals surface area contributed by atoms with Crippen molar-refractivity contribution in [3.05, 3.63) is 53.7 Å². The van der Waals surface area contributed by atoms with Crippen LogP contribution in [0.4, 0.5) is 0 Å². The van der Waals surface area contributed by atoms with Gasteiger partial charge in [0.2, 0.25) is 0 Å². The number of allylic oxidation sites excluding steroid dienone is 1. The van der Waals surface area contributed by atoms with Gasteiger partial charge in [-0.15, -0.1) is 0 Å². The van der Waals surface area contributed by atoms with E-state index in [9.17, 15) is 0 Å². The van der Waals surface area contributed by atoms with Gasteiger partial charge in [-0.25, -0.2) is 0 Å². The van der Waals surface area contributed by atoms with Crippen LogP contribution in [0.5, 0.6) is 0 Å². The first-order chi connectivity index (χ1) is 10.2. The summed E-state index contributed by atoms with van der Waals surface area (Å²) in [5.74, 6) is 0.865. The fourth-order valence-corrected chi connectivity index (χ4v) is 2.63. The molecule has 0 spiro atoms. The molecule has 0 saturated heterocycles. The predicted octanol–water partition coefficient (Wildman–Crippen LogP) is 5.06. The van der Waals surface area contributed by atoms with Crippen LogP contribution in [0.25, 0.3) is 5.57 Å². The van der Waals surface area contributed by atoms with Gasteiger partial charge in [0.25, 0.3) is 0 Å². The molecule has 1 fully saturated rings. The number of aliphatic imine (C=N–C) groups is 1. The minimum Gasteiger partial charge on any atom is -0.380 e. The van der Waals surface area contributed by atoms with Crippen molar-refractivity contribution < 1.29 is 0 Å². The first kappa shape index (κ1) is 15.9. The Labute approximate surface area is 132 Å². The molecular weight excluding hydrogens is 276 g/mol. The predicted molar refractivity (Wildman–Crippen MR) is 95.3 cm³/mol. The molecule has 0 aromatic heterocycles. The van der Waals surface area contributed by atoms with Crippen LogP contribution in [-0.2, 0) is 0 Å². The van der Waals surface area contributed by atoms with Gasteiger partial charge in [-0.3, -0.25) is 4.99 Å². The Morgan fingerprint density at radius 1 is 1.38 bits per heavy atom. The molecule has 21 heavy (non-hydrogen) atoms. The van der Waals surface area contributed by atoms with E-state index in [-0.39, 0.29) is 0 Å². The van der Waals surface area contributed by atoms with Crippen LogP contribution in [-0.4, -0.2) is 11.6 Å². The molecule has 0 aliphatic heterocycles. The molecular formula is C18H24N2S. The molecule has 2 nitrogen and oxygen atoms in total. The largest absolute Gasteiger partial charge is 0.380 e. The molecule has 1 aromatic carbocycles. The van der Waals surface area contributed by atoms with E-state index in [4.69, 9.17) is 0 Å². The number of benzene rings is 1. The van der Waals surface area contributed by atoms with Crippen molar-refractivity contribution in [1.82, 2.24) is 5.32 Å². The highest BCUT2D eigenvalue weighted by Gasteiger charge is 2.20. The molecule has 2 rings (SSSR count). The SMILES string of the molecule is C=C(NCC1CC1)SC(C)=N/C=C(\CC)c1ccccc1. The van der Waals surface area contributed by atoms with Gasteiger partial charge in [-0.1, -0.05) is 55.6 Å². The van der Waals surface area contributed by atoms with Gasteiger partial charge < -0.3 is 5.32 Å². The fourth-order valence-electron chi connectivity index (χ4n) is 2.01. The average Bonchev–Trinajstić information content (AvgIpc) is 3.31. The summed E-state index contributed by atoms with van der Waals surface area (Å²) < 4.78 is 0. The maximum absolute atomic E-state index is 4.57. The lowest BCUT2D eigenvalue weighted by Crippen LogP contribution is -2.14. The van der Waals surface area contributed by atoms with Gasteiger partial charge in [0, 0.05) is 12.7 Å². The first-order valence-electron chi connectivity index (χ1n) is 7.58. The number of thioether (sulfide) groups is 1. The van der Waals surface area contributed by atoms with Gasteiger partial charge in [-0.2, -0.15) is 0 Å². The Morgan fingerprint density at radius 3 is 2.71 bits per heavy atom. The molecule has 1 aromatic rings. The molecule has 1 aliphatic carbocycles. The van der Waals surface area contributed by atoms with Crippen molar-refractivity contribution in [1.29, 1.82) is 0 Å². The highest BCUT2D eigenvalue weighted by molar-refractivity contribution is 8.17. The molecule has 1 aliphatic rings. The normalized spacial score (nSPS) is 15.9. The molecule has 0 unspecified atom stereocenters. The summed E-state index contributed by atoms with van der Waals surface area (Å²) in [6.07, 6.45) is 5.67. The first-order valence-corrected chi connectivity index (χ1v) is 8.40. The molecule has 112 valence electrons. The van der Waals surface area contributed by atoms with E-state index in [0.29, 0.717) is 0 Å². The third-order valence-electron chi connectivity index (χ3n) is 3.48. The smallest absolute Gasteiger partial charge is 0.0761 e. The van der Waals surface area contributed by atoms with Crippen molar-refractivity contribution >= 4 is 22.4 Å². The van der Waals surface area contributed by atoms with Crippen LogP contribution in [0.15, 0.2) is 53.1 Å². The van der Waals surface area contributed by atoms with Crippen molar-refractivity contribution in [2.24, 2.45) is 10.9 Å². The Hall–Kier alpha value is -1.48. The molecule has 0 heterocycles. The van der Waals surface area contributed by atoms with E-state index in [1.807, 2.05) is 19.2 Å². The van der Waals surface area contributed by atoms with Crippen LogP contribution in [0.1, 0.15) is 38.7 Å². The summed E-state index contributed by atoms with van der Waals surface area (Å²) in [6, 6.07) is 10.4. The Morgan fingerprint density at radius 2 is 2.10 bits per heavy atom. The quantitative estimate of drug-likeness (QED) is 0.562. The van der Waals surface area contributed by atoms with Crippen LogP contribution in [0.3, 0.4) is 0 Å².